The van der Waals surface area contributed by atoms with Crippen molar-refractivity contribution in [3.63, 3.8) is 0 Å². The van der Waals surface area contributed by atoms with E-state index in [1.54, 1.807) is 37.5 Å². The number of rotatable bonds is 5. The molecule has 5 nitrogen and oxygen atoms in total. The second-order valence-corrected chi connectivity index (χ2v) is 6.19. The van der Waals surface area contributed by atoms with Crippen molar-refractivity contribution in [3.05, 3.63) is 71.9 Å². The number of para-hydroxylation sites is 1. The average Bonchev–Trinajstić information content (AvgIpc) is 2.68. The summed E-state index contributed by atoms with van der Waals surface area (Å²) >= 11 is 0. The van der Waals surface area contributed by atoms with Crippen molar-refractivity contribution < 1.29 is 9.59 Å². The van der Waals surface area contributed by atoms with E-state index in [2.05, 4.69) is 16.2 Å². The summed E-state index contributed by atoms with van der Waals surface area (Å²) in [5, 5.41) is 3.74. The van der Waals surface area contributed by atoms with Crippen molar-refractivity contribution in [1.29, 1.82) is 0 Å². The highest BCUT2D eigenvalue weighted by molar-refractivity contribution is 5.95. The molecule has 5 heteroatoms. The van der Waals surface area contributed by atoms with Crippen LogP contribution in [0.2, 0.25) is 0 Å². The molecule has 0 saturated heterocycles. The first-order chi connectivity index (χ1) is 13.1. The van der Waals surface area contributed by atoms with Crippen LogP contribution < -0.4 is 5.32 Å². The number of pyridine rings is 1. The van der Waals surface area contributed by atoms with Gasteiger partial charge in [-0.05, 0) is 29.8 Å². The van der Waals surface area contributed by atoms with Gasteiger partial charge in [-0.3, -0.25) is 14.6 Å². The first-order valence-corrected chi connectivity index (χ1v) is 8.50. The van der Waals surface area contributed by atoms with E-state index in [9.17, 15) is 9.59 Å². The number of hydrogen-bond acceptors (Lipinski definition) is 3. The minimum Gasteiger partial charge on any atom is -0.336 e. The van der Waals surface area contributed by atoms with Gasteiger partial charge in [-0.2, -0.15) is 0 Å². The number of terminal acetylenes is 1. The molecule has 1 heterocycles. The van der Waals surface area contributed by atoms with Crippen LogP contribution >= 0.6 is 0 Å². The van der Waals surface area contributed by atoms with Crippen molar-refractivity contribution in [2.24, 2.45) is 0 Å². The zero-order valence-electron chi connectivity index (χ0n) is 15.0. The summed E-state index contributed by atoms with van der Waals surface area (Å²) in [6.45, 7) is -0.0443. The van der Waals surface area contributed by atoms with E-state index in [-0.39, 0.29) is 24.8 Å². The van der Waals surface area contributed by atoms with E-state index in [0.29, 0.717) is 11.3 Å². The molecule has 0 unspecified atom stereocenters. The van der Waals surface area contributed by atoms with Crippen molar-refractivity contribution in [3.8, 4) is 12.3 Å². The molecule has 0 aliphatic rings. The molecule has 27 heavy (non-hydrogen) atoms. The fourth-order valence-corrected chi connectivity index (χ4v) is 2.80. The molecule has 2 aromatic carbocycles. The van der Waals surface area contributed by atoms with E-state index >= 15 is 0 Å². The van der Waals surface area contributed by atoms with Crippen LogP contribution in [0.25, 0.3) is 10.9 Å². The van der Waals surface area contributed by atoms with Crippen molar-refractivity contribution in [2.45, 2.75) is 6.42 Å². The first-order valence-electron chi connectivity index (χ1n) is 8.50. The van der Waals surface area contributed by atoms with E-state index < -0.39 is 0 Å². The number of nitrogens with zero attached hydrogens (tertiary/aromatic N) is 2. The summed E-state index contributed by atoms with van der Waals surface area (Å²) < 4.78 is 0. The smallest absolute Gasteiger partial charge is 0.243 e. The molecule has 3 aromatic rings. The highest BCUT2D eigenvalue weighted by Crippen LogP contribution is 2.17. The molecule has 1 aromatic heterocycles. The van der Waals surface area contributed by atoms with Gasteiger partial charge in [0.1, 0.15) is 0 Å². The molecule has 2 amide bonds. The van der Waals surface area contributed by atoms with Crippen LogP contribution in [0.5, 0.6) is 0 Å². The number of aromatic nitrogens is 1. The maximum atomic E-state index is 12.5. The average molecular weight is 357 g/mol. The van der Waals surface area contributed by atoms with Gasteiger partial charge in [0, 0.05) is 29.9 Å². The lowest BCUT2D eigenvalue weighted by molar-refractivity contribution is -0.132. The first kappa shape index (κ1) is 18.2. The molecule has 0 spiro atoms. The van der Waals surface area contributed by atoms with Gasteiger partial charge in [0.15, 0.2) is 0 Å². The third-order valence-corrected chi connectivity index (χ3v) is 4.18. The van der Waals surface area contributed by atoms with E-state index in [0.717, 1.165) is 16.5 Å². The van der Waals surface area contributed by atoms with Gasteiger partial charge < -0.3 is 10.2 Å². The molecular weight excluding hydrogens is 338 g/mol. The Kier molecular flexibility index (Phi) is 5.48. The Labute approximate surface area is 158 Å². The lowest BCUT2D eigenvalue weighted by Crippen LogP contribution is -2.35. The quantitative estimate of drug-likeness (QED) is 0.714. The van der Waals surface area contributed by atoms with E-state index in [1.807, 2.05) is 30.3 Å². The normalized spacial score (nSPS) is 10.2. The third-order valence-electron chi connectivity index (χ3n) is 4.18. The predicted octanol–water partition coefficient (Wildman–Crippen LogP) is 2.86. The number of carbonyl (C=O) groups excluding carboxylic acids is 2. The van der Waals surface area contributed by atoms with Gasteiger partial charge in [0.25, 0.3) is 0 Å². The summed E-state index contributed by atoms with van der Waals surface area (Å²) in [7, 11) is 1.61. The summed E-state index contributed by atoms with van der Waals surface area (Å²) in [6.07, 6.45) is 7.25. The van der Waals surface area contributed by atoms with Gasteiger partial charge >= 0.3 is 0 Å². The van der Waals surface area contributed by atoms with Crippen LogP contribution in [0.4, 0.5) is 5.69 Å². The second kappa shape index (κ2) is 8.15. The molecule has 134 valence electrons. The maximum Gasteiger partial charge on any atom is 0.243 e. The number of fused-ring (bicyclic) bond motifs is 1. The maximum absolute atomic E-state index is 12.5. The number of amides is 2. The molecule has 0 aliphatic heterocycles. The highest BCUT2D eigenvalue weighted by Gasteiger charge is 2.15. The Morgan fingerprint density at radius 3 is 2.74 bits per heavy atom. The van der Waals surface area contributed by atoms with Crippen LogP contribution in [0.1, 0.15) is 11.1 Å². The van der Waals surface area contributed by atoms with Crippen molar-refractivity contribution in [2.75, 3.05) is 18.9 Å². The fraction of sp³-hybridized carbons (Fsp3) is 0.136. The number of anilines is 1. The lowest BCUT2D eigenvalue weighted by Gasteiger charge is -2.17. The minimum absolute atomic E-state index is 0.0443. The van der Waals surface area contributed by atoms with Crippen LogP contribution in [0.15, 0.2) is 60.8 Å². The minimum atomic E-state index is -0.281. The van der Waals surface area contributed by atoms with Crippen molar-refractivity contribution in [1.82, 2.24) is 9.88 Å². The van der Waals surface area contributed by atoms with Crippen molar-refractivity contribution >= 4 is 28.4 Å². The molecule has 0 bridgehead atoms. The van der Waals surface area contributed by atoms with Gasteiger partial charge in [0.2, 0.25) is 11.8 Å². The molecule has 3 rings (SSSR count). The van der Waals surface area contributed by atoms with Crippen LogP contribution in [-0.4, -0.2) is 35.3 Å². The molecule has 0 saturated carbocycles. The summed E-state index contributed by atoms with van der Waals surface area (Å²) in [5.74, 6) is 2.09. The molecule has 0 atom stereocenters. The third kappa shape index (κ3) is 4.50. The number of hydrogen-bond donors (Lipinski definition) is 1. The topological polar surface area (TPSA) is 62.3 Å². The molecule has 0 radical (unpaired) electrons. The Hall–Kier alpha value is -3.65. The Morgan fingerprint density at radius 2 is 1.93 bits per heavy atom. The summed E-state index contributed by atoms with van der Waals surface area (Å²) in [4.78, 5) is 30.5. The van der Waals surface area contributed by atoms with Gasteiger partial charge in [-0.15, -0.1) is 6.42 Å². The number of nitrogens with one attached hydrogen (secondary N) is 1. The monoisotopic (exact) mass is 357 g/mol. The van der Waals surface area contributed by atoms with Gasteiger partial charge in [-0.25, -0.2) is 0 Å². The summed E-state index contributed by atoms with van der Waals surface area (Å²) in [6, 6.07) is 16.6. The molecule has 0 aliphatic carbocycles. The Balaban J connectivity index is 1.63. The SMILES string of the molecule is C#Cc1cccc(NC(=O)CN(C)C(=O)Cc2cccc3cccnc23)c1. The molecule has 0 fully saturated rings. The predicted molar refractivity (Wildman–Crippen MR) is 106 cm³/mol. The molecular formula is C22H19N3O2. The Morgan fingerprint density at radius 1 is 1.15 bits per heavy atom. The number of benzene rings is 2. The van der Waals surface area contributed by atoms with Crippen LogP contribution in [0, 0.1) is 12.3 Å². The van der Waals surface area contributed by atoms with Gasteiger partial charge in [0.05, 0.1) is 18.5 Å². The summed E-state index contributed by atoms with van der Waals surface area (Å²) in [5.41, 5.74) is 2.93. The van der Waals surface area contributed by atoms with E-state index in [4.69, 9.17) is 6.42 Å². The number of likely N-dealkylation sites (N-methyl/N-ethyl adjacent to an activating group) is 1. The van der Waals surface area contributed by atoms with E-state index in [1.165, 1.54) is 4.90 Å². The van der Waals surface area contributed by atoms with Crippen LogP contribution in [0.3, 0.4) is 0 Å². The highest BCUT2D eigenvalue weighted by atomic mass is 16.2. The molecule has 1 N–H and O–H groups in total. The zero-order chi connectivity index (χ0) is 19.2. The Bertz CT molecular complexity index is 1030. The van der Waals surface area contributed by atoms with Gasteiger partial charge in [-0.1, -0.05) is 36.3 Å². The second-order valence-electron chi connectivity index (χ2n) is 6.19. The standard InChI is InChI=1S/C22H19N3O2/c1-3-16-7-4-11-19(13-16)24-20(26)15-25(2)21(27)14-18-9-5-8-17-10-6-12-23-22(17)18/h1,4-13H,14-15H2,2H3,(H,24,26). The lowest BCUT2D eigenvalue weighted by atomic mass is 10.1. The van der Waals surface area contributed by atoms with Crippen LogP contribution in [-0.2, 0) is 16.0 Å². The largest absolute Gasteiger partial charge is 0.336 e. The zero-order valence-corrected chi connectivity index (χ0v) is 15.0. The number of carbonyl (C=O) groups is 2. The fourth-order valence-electron chi connectivity index (χ4n) is 2.80.